The van der Waals surface area contributed by atoms with Crippen LogP contribution >= 0.6 is 0 Å². The van der Waals surface area contributed by atoms with E-state index in [1.54, 1.807) is 19.3 Å². The molecule has 2 heterocycles. The van der Waals surface area contributed by atoms with E-state index in [-0.39, 0.29) is 5.76 Å². The summed E-state index contributed by atoms with van der Waals surface area (Å²) < 4.78 is 15.5. The summed E-state index contributed by atoms with van der Waals surface area (Å²) in [6, 6.07) is 1.75. The first-order valence-corrected chi connectivity index (χ1v) is 6.00. The number of nitrogens with zero attached hydrogens (tertiary/aromatic N) is 1. The van der Waals surface area contributed by atoms with Gasteiger partial charge in [0.1, 0.15) is 6.26 Å². The van der Waals surface area contributed by atoms with E-state index in [1.165, 1.54) is 6.26 Å². The molecule has 2 aromatic heterocycles. The Kier molecular flexibility index (Phi) is 2.66. The van der Waals surface area contributed by atoms with Crippen molar-refractivity contribution >= 4 is 5.97 Å². The van der Waals surface area contributed by atoms with Crippen molar-refractivity contribution < 1.29 is 18.4 Å². The number of hydrogen-bond donors (Lipinski definition) is 0. The van der Waals surface area contributed by atoms with Crippen LogP contribution in [-0.4, -0.2) is 17.6 Å². The van der Waals surface area contributed by atoms with Gasteiger partial charge in [0.25, 0.3) is 0 Å². The van der Waals surface area contributed by atoms with Gasteiger partial charge in [-0.2, -0.15) is 0 Å². The second-order valence-corrected chi connectivity index (χ2v) is 4.24. The zero-order valence-corrected chi connectivity index (χ0v) is 10.0. The number of carbonyl (C=O) groups is 1. The van der Waals surface area contributed by atoms with Crippen LogP contribution < -0.4 is 0 Å². The molecule has 5 heteroatoms. The van der Waals surface area contributed by atoms with E-state index < -0.39 is 5.97 Å². The van der Waals surface area contributed by atoms with E-state index in [0.29, 0.717) is 24.1 Å². The first-order chi connectivity index (χ1) is 8.79. The van der Waals surface area contributed by atoms with Gasteiger partial charge in [0.2, 0.25) is 11.7 Å². The molecule has 0 saturated heterocycles. The number of ether oxygens (including phenoxy) is 1. The van der Waals surface area contributed by atoms with E-state index in [0.717, 1.165) is 18.4 Å². The van der Waals surface area contributed by atoms with Crippen molar-refractivity contribution in [2.24, 2.45) is 0 Å². The van der Waals surface area contributed by atoms with Crippen LogP contribution in [0.2, 0.25) is 0 Å². The van der Waals surface area contributed by atoms with Crippen LogP contribution in [0, 0.1) is 0 Å². The first-order valence-electron chi connectivity index (χ1n) is 6.00. The van der Waals surface area contributed by atoms with Gasteiger partial charge >= 0.3 is 5.97 Å². The van der Waals surface area contributed by atoms with Gasteiger partial charge in [-0.25, -0.2) is 9.78 Å². The quantitative estimate of drug-likeness (QED) is 0.777. The molecule has 94 valence electrons. The van der Waals surface area contributed by atoms with Crippen molar-refractivity contribution in [1.82, 2.24) is 4.98 Å². The lowest BCUT2D eigenvalue weighted by atomic mass is 10.2. The molecular formula is C13H13NO4. The number of rotatable bonds is 4. The first kappa shape index (κ1) is 11.1. The molecule has 5 nitrogen and oxygen atoms in total. The highest BCUT2D eigenvalue weighted by atomic mass is 16.5. The van der Waals surface area contributed by atoms with Gasteiger partial charge in [0.15, 0.2) is 0 Å². The number of esters is 1. The molecule has 0 aromatic carbocycles. The lowest BCUT2D eigenvalue weighted by Crippen LogP contribution is -2.05. The van der Waals surface area contributed by atoms with Gasteiger partial charge in [0, 0.05) is 5.92 Å². The van der Waals surface area contributed by atoms with E-state index in [9.17, 15) is 4.79 Å². The summed E-state index contributed by atoms with van der Waals surface area (Å²) in [6.07, 6.45) is 5.17. The largest absolute Gasteiger partial charge is 0.472 e. The minimum Gasteiger partial charge on any atom is -0.472 e. The average molecular weight is 247 g/mol. The Morgan fingerprint density at radius 1 is 1.56 bits per heavy atom. The number of oxazole rings is 1. The fourth-order valence-corrected chi connectivity index (χ4v) is 1.82. The van der Waals surface area contributed by atoms with E-state index in [1.807, 2.05) is 0 Å². The predicted molar refractivity (Wildman–Crippen MR) is 62.1 cm³/mol. The van der Waals surface area contributed by atoms with E-state index in [4.69, 9.17) is 13.6 Å². The molecule has 0 bridgehead atoms. The Hall–Kier alpha value is -2.04. The zero-order valence-electron chi connectivity index (χ0n) is 10.0. The molecule has 1 aliphatic rings. The standard InChI is InChI=1S/C13H13NO4/c1-2-17-13(15)11-10(8-3-4-8)14-12(18-11)9-5-6-16-7-9/h5-8H,2-4H2,1H3. The van der Waals surface area contributed by atoms with Crippen LogP contribution in [0.25, 0.3) is 11.5 Å². The normalized spacial score (nSPS) is 14.7. The number of furan rings is 1. The van der Waals surface area contributed by atoms with Crippen molar-refractivity contribution in [1.29, 1.82) is 0 Å². The third-order valence-corrected chi connectivity index (χ3v) is 2.85. The number of carbonyl (C=O) groups excluding carboxylic acids is 1. The Morgan fingerprint density at radius 3 is 3.00 bits per heavy atom. The monoisotopic (exact) mass is 247 g/mol. The third-order valence-electron chi connectivity index (χ3n) is 2.85. The van der Waals surface area contributed by atoms with Gasteiger partial charge < -0.3 is 13.6 Å². The van der Waals surface area contributed by atoms with Crippen LogP contribution in [0.5, 0.6) is 0 Å². The third kappa shape index (κ3) is 1.92. The molecule has 2 aromatic rings. The zero-order chi connectivity index (χ0) is 12.5. The molecule has 1 aliphatic carbocycles. The van der Waals surface area contributed by atoms with Gasteiger partial charge in [-0.1, -0.05) is 0 Å². The molecule has 0 atom stereocenters. The van der Waals surface area contributed by atoms with E-state index in [2.05, 4.69) is 4.98 Å². The van der Waals surface area contributed by atoms with Crippen LogP contribution in [0.15, 0.2) is 27.4 Å². The molecule has 3 rings (SSSR count). The fourth-order valence-electron chi connectivity index (χ4n) is 1.82. The van der Waals surface area contributed by atoms with E-state index >= 15 is 0 Å². The summed E-state index contributed by atoms with van der Waals surface area (Å²) in [4.78, 5) is 16.2. The number of aromatic nitrogens is 1. The summed E-state index contributed by atoms with van der Waals surface area (Å²) in [7, 11) is 0. The van der Waals surface area contributed by atoms with Crippen LogP contribution in [0.3, 0.4) is 0 Å². The molecule has 0 amide bonds. The minimum absolute atomic E-state index is 0.232. The molecule has 0 spiro atoms. The summed E-state index contributed by atoms with van der Waals surface area (Å²) in [5, 5.41) is 0. The maximum Gasteiger partial charge on any atom is 0.376 e. The van der Waals surface area contributed by atoms with Gasteiger partial charge in [-0.05, 0) is 25.8 Å². The summed E-state index contributed by atoms with van der Waals surface area (Å²) in [6.45, 7) is 2.09. The molecule has 0 radical (unpaired) electrons. The van der Waals surface area contributed by atoms with Crippen molar-refractivity contribution in [2.75, 3.05) is 6.61 Å². The molecule has 18 heavy (non-hydrogen) atoms. The fraction of sp³-hybridized carbons (Fsp3) is 0.385. The highest BCUT2D eigenvalue weighted by Gasteiger charge is 2.34. The lowest BCUT2D eigenvalue weighted by Gasteiger charge is -1.98. The molecule has 0 aliphatic heterocycles. The van der Waals surface area contributed by atoms with Crippen molar-refractivity contribution in [3.63, 3.8) is 0 Å². The summed E-state index contributed by atoms with van der Waals surface area (Å²) in [5.41, 5.74) is 1.44. The topological polar surface area (TPSA) is 65.5 Å². The average Bonchev–Trinajstić information content (AvgIpc) is 2.92. The van der Waals surface area contributed by atoms with Crippen LogP contribution in [0.4, 0.5) is 0 Å². The van der Waals surface area contributed by atoms with Crippen LogP contribution in [0.1, 0.15) is 41.9 Å². The van der Waals surface area contributed by atoms with Crippen LogP contribution in [-0.2, 0) is 4.74 Å². The highest BCUT2D eigenvalue weighted by molar-refractivity contribution is 5.88. The highest BCUT2D eigenvalue weighted by Crippen LogP contribution is 2.42. The van der Waals surface area contributed by atoms with Gasteiger partial charge in [-0.15, -0.1) is 0 Å². The molecule has 1 fully saturated rings. The SMILES string of the molecule is CCOC(=O)c1oc(-c2ccoc2)nc1C1CC1. The maximum absolute atomic E-state index is 11.8. The summed E-state index contributed by atoms with van der Waals surface area (Å²) in [5.74, 6) is 0.528. The van der Waals surface area contributed by atoms with Crippen molar-refractivity contribution in [2.45, 2.75) is 25.7 Å². The molecule has 1 saturated carbocycles. The molecule has 0 N–H and O–H groups in total. The maximum atomic E-state index is 11.8. The van der Waals surface area contributed by atoms with Gasteiger partial charge in [-0.3, -0.25) is 0 Å². The van der Waals surface area contributed by atoms with Crippen molar-refractivity contribution in [3.05, 3.63) is 30.0 Å². The smallest absolute Gasteiger partial charge is 0.376 e. The summed E-state index contributed by atoms with van der Waals surface area (Å²) >= 11 is 0. The molecular weight excluding hydrogens is 234 g/mol. The molecule has 0 unspecified atom stereocenters. The predicted octanol–water partition coefficient (Wildman–Crippen LogP) is 2.99. The Bertz CT molecular complexity index is 552. The minimum atomic E-state index is -0.443. The second kappa shape index (κ2) is 4.33. The number of hydrogen-bond acceptors (Lipinski definition) is 5. The second-order valence-electron chi connectivity index (χ2n) is 4.24. The Balaban J connectivity index is 1.98. The Labute approximate surface area is 104 Å². The Morgan fingerprint density at radius 2 is 2.39 bits per heavy atom. The van der Waals surface area contributed by atoms with Gasteiger partial charge in [0.05, 0.1) is 24.1 Å². The van der Waals surface area contributed by atoms with Crippen molar-refractivity contribution in [3.8, 4) is 11.5 Å². The lowest BCUT2D eigenvalue weighted by molar-refractivity contribution is 0.0489.